The number of carbonyl (C=O) groups excluding carboxylic acids is 2. The lowest BCUT2D eigenvalue weighted by Crippen LogP contribution is -2.48. The standard InChI is InChI=1S/C19H27N3O2/c1-13(2)17-12-21(19(24)16-10-20-8-6-14(16)3)9-7-18(23)22(17)11-15-4-5-15/h6,8,10,13,15,17H,4-5,7,9,11-12H2,1-3H3. The first-order valence-electron chi connectivity index (χ1n) is 8.96. The van der Waals surface area contributed by atoms with E-state index in [0.29, 0.717) is 36.9 Å². The van der Waals surface area contributed by atoms with Crippen LogP contribution in [0.15, 0.2) is 18.5 Å². The molecule has 2 amide bonds. The molecule has 0 spiro atoms. The molecule has 1 unspecified atom stereocenters. The van der Waals surface area contributed by atoms with Crippen LogP contribution in [0.4, 0.5) is 0 Å². The summed E-state index contributed by atoms with van der Waals surface area (Å²) < 4.78 is 0. The molecule has 1 saturated carbocycles. The molecule has 0 N–H and O–H groups in total. The van der Waals surface area contributed by atoms with Crippen molar-refractivity contribution < 1.29 is 9.59 Å². The SMILES string of the molecule is Cc1ccncc1C(=O)N1CCC(=O)N(CC2CC2)C(C(C)C)C1. The zero-order valence-corrected chi connectivity index (χ0v) is 14.9. The van der Waals surface area contributed by atoms with Gasteiger partial charge in [-0.05, 0) is 43.2 Å². The van der Waals surface area contributed by atoms with E-state index in [1.54, 1.807) is 12.4 Å². The van der Waals surface area contributed by atoms with Crippen molar-refractivity contribution >= 4 is 11.8 Å². The molecule has 0 bridgehead atoms. The topological polar surface area (TPSA) is 53.5 Å². The van der Waals surface area contributed by atoms with Gasteiger partial charge in [0.05, 0.1) is 11.6 Å². The molecule has 2 heterocycles. The summed E-state index contributed by atoms with van der Waals surface area (Å²) in [6.07, 6.45) is 6.21. The lowest BCUT2D eigenvalue weighted by molar-refractivity contribution is -0.133. The van der Waals surface area contributed by atoms with Gasteiger partial charge in [-0.3, -0.25) is 14.6 Å². The van der Waals surface area contributed by atoms with E-state index >= 15 is 0 Å². The van der Waals surface area contributed by atoms with Crippen molar-refractivity contribution in [1.29, 1.82) is 0 Å². The normalized spacial score (nSPS) is 22.0. The van der Waals surface area contributed by atoms with Gasteiger partial charge < -0.3 is 9.80 Å². The first-order chi connectivity index (χ1) is 11.5. The van der Waals surface area contributed by atoms with Crippen molar-refractivity contribution in [1.82, 2.24) is 14.8 Å². The Morgan fingerprint density at radius 3 is 2.75 bits per heavy atom. The molecule has 3 rings (SSSR count). The van der Waals surface area contributed by atoms with Crippen molar-refractivity contribution in [3.8, 4) is 0 Å². The van der Waals surface area contributed by atoms with Crippen molar-refractivity contribution in [2.24, 2.45) is 11.8 Å². The Morgan fingerprint density at radius 2 is 2.12 bits per heavy atom. The van der Waals surface area contributed by atoms with E-state index in [1.165, 1.54) is 12.8 Å². The zero-order valence-electron chi connectivity index (χ0n) is 14.9. The number of nitrogens with zero attached hydrogens (tertiary/aromatic N) is 3. The molecular formula is C19H27N3O2. The molecule has 1 saturated heterocycles. The highest BCUT2D eigenvalue weighted by atomic mass is 16.2. The van der Waals surface area contributed by atoms with Gasteiger partial charge in [-0.1, -0.05) is 13.8 Å². The Bertz CT molecular complexity index is 625. The van der Waals surface area contributed by atoms with Gasteiger partial charge in [0.1, 0.15) is 0 Å². The van der Waals surface area contributed by atoms with Gasteiger partial charge in [-0.25, -0.2) is 0 Å². The van der Waals surface area contributed by atoms with Crippen LogP contribution >= 0.6 is 0 Å². The highest BCUT2D eigenvalue weighted by Crippen LogP contribution is 2.32. The van der Waals surface area contributed by atoms with Gasteiger partial charge >= 0.3 is 0 Å². The number of pyridine rings is 1. The fourth-order valence-corrected chi connectivity index (χ4v) is 3.40. The summed E-state index contributed by atoms with van der Waals surface area (Å²) in [5.41, 5.74) is 1.57. The summed E-state index contributed by atoms with van der Waals surface area (Å²) in [4.78, 5) is 33.6. The van der Waals surface area contributed by atoms with Crippen LogP contribution in [-0.2, 0) is 4.79 Å². The van der Waals surface area contributed by atoms with Gasteiger partial charge in [0.2, 0.25) is 5.91 Å². The van der Waals surface area contributed by atoms with E-state index in [4.69, 9.17) is 0 Å². The van der Waals surface area contributed by atoms with Crippen LogP contribution in [0.25, 0.3) is 0 Å². The summed E-state index contributed by atoms with van der Waals surface area (Å²) >= 11 is 0. The van der Waals surface area contributed by atoms with Gasteiger partial charge in [-0.15, -0.1) is 0 Å². The smallest absolute Gasteiger partial charge is 0.255 e. The Labute approximate surface area is 144 Å². The third kappa shape index (κ3) is 3.60. The molecule has 2 aliphatic rings. The van der Waals surface area contributed by atoms with Crippen molar-refractivity contribution in [3.05, 3.63) is 29.6 Å². The number of rotatable bonds is 4. The van der Waals surface area contributed by atoms with Crippen LogP contribution in [0.5, 0.6) is 0 Å². The molecule has 1 atom stereocenters. The minimum Gasteiger partial charge on any atom is -0.337 e. The molecular weight excluding hydrogens is 302 g/mol. The van der Waals surface area contributed by atoms with Crippen molar-refractivity contribution in [2.45, 2.75) is 46.1 Å². The lowest BCUT2D eigenvalue weighted by atomic mass is 10.0. The Morgan fingerprint density at radius 1 is 1.38 bits per heavy atom. The average Bonchev–Trinajstić information content (AvgIpc) is 3.37. The molecule has 130 valence electrons. The molecule has 0 radical (unpaired) electrons. The first kappa shape index (κ1) is 16.9. The third-order valence-corrected chi connectivity index (χ3v) is 5.20. The summed E-state index contributed by atoms with van der Waals surface area (Å²) in [5, 5.41) is 0. The van der Waals surface area contributed by atoms with Crippen LogP contribution in [0, 0.1) is 18.8 Å². The van der Waals surface area contributed by atoms with Crippen LogP contribution in [-0.4, -0.2) is 52.3 Å². The fraction of sp³-hybridized carbons (Fsp3) is 0.632. The molecule has 5 heteroatoms. The Hall–Kier alpha value is -1.91. The average molecular weight is 329 g/mol. The maximum Gasteiger partial charge on any atom is 0.255 e. The van der Waals surface area contributed by atoms with E-state index in [2.05, 4.69) is 18.8 Å². The van der Waals surface area contributed by atoms with Crippen LogP contribution < -0.4 is 0 Å². The quantitative estimate of drug-likeness (QED) is 0.853. The van der Waals surface area contributed by atoms with Crippen LogP contribution in [0.3, 0.4) is 0 Å². The number of hydrogen-bond donors (Lipinski definition) is 0. The zero-order chi connectivity index (χ0) is 17.3. The lowest BCUT2D eigenvalue weighted by Gasteiger charge is -2.35. The maximum absolute atomic E-state index is 12.9. The van der Waals surface area contributed by atoms with Gasteiger partial charge in [0.15, 0.2) is 0 Å². The monoisotopic (exact) mass is 329 g/mol. The van der Waals surface area contributed by atoms with E-state index in [0.717, 1.165) is 12.1 Å². The summed E-state index contributed by atoms with van der Waals surface area (Å²) in [6, 6.07) is 1.96. The highest BCUT2D eigenvalue weighted by Gasteiger charge is 2.36. The molecule has 1 aliphatic carbocycles. The van der Waals surface area contributed by atoms with Crippen LogP contribution in [0.2, 0.25) is 0 Å². The van der Waals surface area contributed by atoms with Crippen LogP contribution in [0.1, 0.15) is 49.0 Å². The minimum absolute atomic E-state index is 0.00711. The summed E-state index contributed by atoms with van der Waals surface area (Å²) in [6.45, 7) is 8.18. The Kier molecular flexibility index (Phi) is 4.88. The minimum atomic E-state index is -0.00711. The molecule has 0 aromatic carbocycles. The molecule has 2 fully saturated rings. The summed E-state index contributed by atoms with van der Waals surface area (Å²) in [5.74, 6) is 1.18. The van der Waals surface area contributed by atoms with E-state index in [9.17, 15) is 9.59 Å². The molecule has 1 aromatic rings. The van der Waals surface area contributed by atoms with E-state index in [1.807, 2.05) is 22.8 Å². The number of aromatic nitrogens is 1. The second-order valence-electron chi connectivity index (χ2n) is 7.49. The highest BCUT2D eigenvalue weighted by molar-refractivity contribution is 5.95. The molecule has 1 aromatic heterocycles. The molecule has 24 heavy (non-hydrogen) atoms. The Balaban J connectivity index is 1.81. The molecule has 1 aliphatic heterocycles. The predicted molar refractivity (Wildman–Crippen MR) is 92.6 cm³/mol. The van der Waals surface area contributed by atoms with E-state index in [-0.39, 0.29) is 17.9 Å². The number of aryl methyl sites for hydroxylation is 1. The summed E-state index contributed by atoms with van der Waals surface area (Å²) in [7, 11) is 0. The number of amides is 2. The van der Waals surface area contributed by atoms with Crippen molar-refractivity contribution in [3.63, 3.8) is 0 Å². The second kappa shape index (κ2) is 6.91. The third-order valence-electron chi connectivity index (χ3n) is 5.20. The molecule has 5 nitrogen and oxygen atoms in total. The number of hydrogen-bond acceptors (Lipinski definition) is 3. The van der Waals surface area contributed by atoms with Gasteiger partial charge in [-0.2, -0.15) is 0 Å². The van der Waals surface area contributed by atoms with E-state index < -0.39 is 0 Å². The second-order valence-corrected chi connectivity index (χ2v) is 7.49. The number of carbonyl (C=O) groups is 2. The fourth-order valence-electron chi connectivity index (χ4n) is 3.40. The van der Waals surface area contributed by atoms with Gasteiger partial charge in [0, 0.05) is 38.4 Å². The largest absolute Gasteiger partial charge is 0.337 e. The van der Waals surface area contributed by atoms with Gasteiger partial charge in [0.25, 0.3) is 5.91 Å². The first-order valence-corrected chi connectivity index (χ1v) is 8.96. The predicted octanol–water partition coefficient (Wildman–Crippen LogP) is 2.50. The maximum atomic E-state index is 12.9. The van der Waals surface area contributed by atoms with Crippen molar-refractivity contribution in [2.75, 3.05) is 19.6 Å².